The average molecular weight is 357 g/mol. The second-order valence-corrected chi connectivity index (χ2v) is 6.51. The summed E-state index contributed by atoms with van der Waals surface area (Å²) in [5.74, 6) is -1.19. The van der Waals surface area contributed by atoms with E-state index in [4.69, 9.17) is 11.6 Å². The van der Waals surface area contributed by atoms with Crippen LogP contribution in [-0.4, -0.2) is 17.6 Å². The number of benzene rings is 2. The van der Waals surface area contributed by atoms with E-state index in [0.29, 0.717) is 28.4 Å². The Morgan fingerprint density at radius 2 is 1.48 bits per heavy atom. The van der Waals surface area contributed by atoms with E-state index >= 15 is 0 Å². The summed E-state index contributed by atoms with van der Waals surface area (Å²) in [6.45, 7) is 1.47. The summed E-state index contributed by atoms with van der Waals surface area (Å²) in [6, 6.07) is 13.6. The molecule has 0 heterocycles. The molecule has 0 bridgehead atoms. The molecule has 25 heavy (non-hydrogen) atoms. The quantitative estimate of drug-likeness (QED) is 0.801. The molecule has 1 aliphatic rings. The number of ketones is 1. The van der Waals surface area contributed by atoms with E-state index in [1.807, 2.05) is 0 Å². The Morgan fingerprint density at radius 1 is 0.920 bits per heavy atom. The van der Waals surface area contributed by atoms with Crippen LogP contribution < -0.4 is 10.6 Å². The zero-order valence-electron chi connectivity index (χ0n) is 13.6. The van der Waals surface area contributed by atoms with Gasteiger partial charge in [-0.3, -0.25) is 14.4 Å². The highest BCUT2D eigenvalue weighted by atomic mass is 35.5. The van der Waals surface area contributed by atoms with E-state index < -0.39 is 0 Å². The maximum absolute atomic E-state index is 12.3. The molecule has 0 radical (unpaired) electrons. The van der Waals surface area contributed by atoms with Crippen molar-refractivity contribution in [2.24, 2.45) is 11.8 Å². The van der Waals surface area contributed by atoms with Gasteiger partial charge in [0.05, 0.1) is 11.8 Å². The monoisotopic (exact) mass is 356 g/mol. The fraction of sp³-hybridized carbons (Fsp3) is 0.211. The third kappa shape index (κ3) is 4.25. The van der Waals surface area contributed by atoms with Gasteiger partial charge >= 0.3 is 0 Å². The van der Waals surface area contributed by atoms with E-state index in [9.17, 15) is 14.4 Å². The SMILES string of the molecule is CC(=O)c1cccc(NC(=O)C2CC2C(=O)Nc2cccc(Cl)c2)c1. The lowest BCUT2D eigenvalue weighted by molar-refractivity contribution is -0.122. The van der Waals surface area contributed by atoms with E-state index in [2.05, 4.69) is 10.6 Å². The number of rotatable bonds is 5. The summed E-state index contributed by atoms with van der Waals surface area (Å²) in [5, 5.41) is 6.07. The van der Waals surface area contributed by atoms with E-state index in [1.54, 1.807) is 48.5 Å². The lowest BCUT2D eigenvalue weighted by Crippen LogP contribution is -2.20. The molecule has 1 aliphatic carbocycles. The molecule has 128 valence electrons. The van der Waals surface area contributed by atoms with Crippen LogP contribution in [-0.2, 0) is 9.59 Å². The number of hydrogen-bond acceptors (Lipinski definition) is 3. The maximum Gasteiger partial charge on any atom is 0.228 e. The fourth-order valence-electron chi connectivity index (χ4n) is 2.63. The highest BCUT2D eigenvalue weighted by Crippen LogP contribution is 2.40. The van der Waals surface area contributed by atoms with Crippen molar-refractivity contribution in [2.75, 3.05) is 10.6 Å². The Morgan fingerprint density at radius 3 is 2.04 bits per heavy atom. The number of carbonyl (C=O) groups is 3. The topological polar surface area (TPSA) is 75.3 Å². The summed E-state index contributed by atoms with van der Waals surface area (Å²) >= 11 is 5.89. The van der Waals surface area contributed by atoms with Gasteiger partial charge in [-0.2, -0.15) is 0 Å². The minimum atomic E-state index is -0.361. The summed E-state index contributed by atoms with van der Waals surface area (Å²) in [7, 11) is 0. The maximum atomic E-state index is 12.3. The normalized spacial score (nSPS) is 18.3. The van der Waals surface area contributed by atoms with Crippen molar-refractivity contribution in [1.29, 1.82) is 0 Å². The molecule has 0 spiro atoms. The summed E-state index contributed by atoms with van der Waals surface area (Å²) in [6.07, 6.45) is 0.505. The number of amides is 2. The molecule has 2 aromatic carbocycles. The Labute approximate surface area is 150 Å². The van der Waals surface area contributed by atoms with Crippen LogP contribution in [0, 0.1) is 11.8 Å². The van der Waals surface area contributed by atoms with Crippen LogP contribution in [0.2, 0.25) is 5.02 Å². The van der Waals surface area contributed by atoms with Gasteiger partial charge in [0.15, 0.2) is 5.78 Å². The van der Waals surface area contributed by atoms with Gasteiger partial charge in [0.1, 0.15) is 0 Å². The van der Waals surface area contributed by atoms with Crippen LogP contribution in [0.4, 0.5) is 11.4 Å². The lowest BCUT2D eigenvalue weighted by atomic mass is 10.1. The fourth-order valence-corrected chi connectivity index (χ4v) is 2.82. The van der Waals surface area contributed by atoms with E-state index in [0.717, 1.165) is 0 Å². The smallest absolute Gasteiger partial charge is 0.228 e. The molecule has 2 amide bonds. The first kappa shape index (κ1) is 17.2. The van der Waals surface area contributed by atoms with Crippen LogP contribution >= 0.6 is 11.6 Å². The molecule has 0 saturated heterocycles. The van der Waals surface area contributed by atoms with Gasteiger partial charge in [0.2, 0.25) is 11.8 Å². The number of halogens is 1. The largest absolute Gasteiger partial charge is 0.326 e. The average Bonchev–Trinajstić information content (AvgIpc) is 3.36. The van der Waals surface area contributed by atoms with Gasteiger partial charge in [-0.1, -0.05) is 29.8 Å². The van der Waals surface area contributed by atoms with Crippen molar-refractivity contribution in [3.8, 4) is 0 Å². The summed E-state index contributed by atoms with van der Waals surface area (Å²) in [4.78, 5) is 35.9. The van der Waals surface area contributed by atoms with Crippen molar-refractivity contribution < 1.29 is 14.4 Å². The van der Waals surface area contributed by atoms with Crippen molar-refractivity contribution >= 4 is 40.6 Å². The number of Topliss-reactive ketones (excluding diaryl/α,β-unsaturated/α-hetero) is 1. The zero-order valence-corrected chi connectivity index (χ0v) is 14.3. The molecule has 0 aliphatic heterocycles. The Bertz CT molecular complexity index is 850. The zero-order chi connectivity index (χ0) is 18.0. The van der Waals surface area contributed by atoms with Gasteiger partial charge in [-0.05, 0) is 43.7 Å². The van der Waals surface area contributed by atoms with Crippen LogP contribution in [0.25, 0.3) is 0 Å². The molecule has 6 heteroatoms. The molecule has 5 nitrogen and oxygen atoms in total. The molecule has 3 rings (SSSR count). The van der Waals surface area contributed by atoms with E-state index in [1.165, 1.54) is 6.92 Å². The Balaban J connectivity index is 1.57. The van der Waals surface area contributed by atoms with Gasteiger partial charge in [0, 0.05) is 22.0 Å². The molecule has 2 unspecified atom stereocenters. The van der Waals surface area contributed by atoms with Crippen LogP contribution in [0.5, 0.6) is 0 Å². The third-order valence-corrected chi connectivity index (χ3v) is 4.33. The molecule has 1 fully saturated rings. The number of anilines is 2. The van der Waals surface area contributed by atoms with Gasteiger partial charge in [-0.25, -0.2) is 0 Å². The molecule has 2 N–H and O–H groups in total. The third-order valence-electron chi connectivity index (χ3n) is 4.09. The van der Waals surface area contributed by atoms with Crippen LogP contribution in [0.3, 0.4) is 0 Å². The molecular formula is C19H17ClN2O3. The number of carbonyl (C=O) groups excluding carboxylic acids is 3. The highest BCUT2D eigenvalue weighted by molar-refractivity contribution is 6.30. The van der Waals surface area contributed by atoms with Crippen molar-refractivity contribution in [3.63, 3.8) is 0 Å². The first-order chi connectivity index (χ1) is 11.9. The molecular weight excluding hydrogens is 340 g/mol. The van der Waals surface area contributed by atoms with Crippen LogP contribution in [0.1, 0.15) is 23.7 Å². The Kier molecular flexibility index (Phi) is 4.86. The van der Waals surface area contributed by atoms with E-state index in [-0.39, 0.29) is 29.4 Å². The van der Waals surface area contributed by atoms with Gasteiger partial charge in [-0.15, -0.1) is 0 Å². The Hall–Kier alpha value is -2.66. The van der Waals surface area contributed by atoms with Gasteiger partial charge in [0.25, 0.3) is 0 Å². The van der Waals surface area contributed by atoms with Crippen molar-refractivity contribution in [3.05, 3.63) is 59.1 Å². The van der Waals surface area contributed by atoms with Crippen molar-refractivity contribution in [2.45, 2.75) is 13.3 Å². The van der Waals surface area contributed by atoms with Crippen molar-refractivity contribution in [1.82, 2.24) is 0 Å². The number of hydrogen-bond donors (Lipinski definition) is 2. The second-order valence-electron chi connectivity index (χ2n) is 6.07. The minimum absolute atomic E-state index is 0.0682. The second kappa shape index (κ2) is 7.07. The van der Waals surface area contributed by atoms with Crippen LogP contribution in [0.15, 0.2) is 48.5 Å². The standard InChI is InChI=1S/C19H17ClN2O3/c1-11(23)12-4-2-6-14(8-12)21-18(24)16-10-17(16)19(25)22-15-7-3-5-13(20)9-15/h2-9,16-17H,10H2,1H3,(H,21,24)(H,22,25). The molecule has 2 aromatic rings. The lowest BCUT2D eigenvalue weighted by Gasteiger charge is -2.07. The van der Waals surface area contributed by atoms with Gasteiger partial charge < -0.3 is 10.6 Å². The minimum Gasteiger partial charge on any atom is -0.326 e. The predicted molar refractivity (Wildman–Crippen MR) is 96.8 cm³/mol. The summed E-state index contributed by atoms with van der Waals surface area (Å²) < 4.78 is 0. The molecule has 0 aromatic heterocycles. The first-order valence-corrected chi connectivity index (χ1v) is 8.30. The molecule has 2 atom stereocenters. The molecule has 1 saturated carbocycles. The predicted octanol–water partition coefficient (Wildman–Crippen LogP) is 3.76. The summed E-state index contributed by atoms with van der Waals surface area (Å²) in [5.41, 5.74) is 1.69. The number of nitrogens with one attached hydrogen (secondary N) is 2. The highest BCUT2D eigenvalue weighted by Gasteiger charge is 2.48. The first-order valence-electron chi connectivity index (χ1n) is 7.92.